The average Bonchev–Trinajstić information content (AvgIpc) is 2.66. The first-order chi connectivity index (χ1) is 10.6. The molecule has 0 N–H and O–H groups in total. The van der Waals surface area contributed by atoms with E-state index in [2.05, 4.69) is 56.4 Å². The molecule has 0 aromatic rings. The first-order valence-electron chi connectivity index (χ1n) is 8.12. The fourth-order valence-electron chi connectivity index (χ4n) is 3.77. The number of thioether (sulfide) groups is 1. The maximum absolute atomic E-state index is 10.6. The molecule has 0 spiro atoms. The molecule has 0 aromatic heterocycles. The highest BCUT2D eigenvalue weighted by molar-refractivity contribution is 8.00. The van der Waals surface area contributed by atoms with E-state index >= 15 is 0 Å². The van der Waals surface area contributed by atoms with Gasteiger partial charge in [0.2, 0.25) is 0 Å². The molecule has 3 rings (SSSR count). The number of aldehydes is 1. The number of hydrogen-bond donors (Lipinski definition) is 0. The highest BCUT2D eigenvalue weighted by atomic mass is 32.2. The van der Waals surface area contributed by atoms with E-state index in [-0.39, 0.29) is 5.41 Å². The molecule has 3 unspecified atom stereocenters. The molecule has 0 saturated heterocycles. The zero-order valence-corrected chi connectivity index (χ0v) is 14.2. The van der Waals surface area contributed by atoms with Crippen molar-refractivity contribution in [3.8, 4) is 0 Å². The lowest BCUT2D eigenvalue weighted by Crippen LogP contribution is -2.27. The van der Waals surface area contributed by atoms with Crippen LogP contribution in [0.5, 0.6) is 0 Å². The summed E-state index contributed by atoms with van der Waals surface area (Å²) in [5.41, 5.74) is 4.58. The summed E-state index contributed by atoms with van der Waals surface area (Å²) in [6, 6.07) is 0. The zero-order chi connectivity index (χ0) is 15.6. The number of allylic oxidation sites excluding steroid dienone is 9. The zero-order valence-electron chi connectivity index (χ0n) is 13.4. The van der Waals surface area contributed by atoms with Crippen molar-refractivity contribution in [2.24, 2.45) is 17.3 Å². The molecular formula is C20H24OS. The van der Waals surface area contributed by atoms with Crippen molar-refractivity contribution < 1.29 is 4.79 Å². The van der Waals surface area contributed by atoms with E-state index in [1.807, 2.05) is 0 Å². The molecule has 0 fully saturated rings. The third-order valence-electron chi connectivity index (χ3n) is 4.90. The third kappa shape index (κ3) is 3.08. The quantitative estimate of drug-likeness (QED) is 0.543. The van der Waals surface area contributed by atoms with Crippen LogP contribution in [0.2, 0.25) is 0 Å². The largest absolute Gasteiger partial charge is 0.302 e. The standard InChI is InChI=1S/C20H24OS/c1-15-10-16-13-20(2)7-5-3-4-6-18(20)12-19(16)17(11-15)14-22-9-8-21/h3-6,8,11-13,15,18H,7,9-10,14H2,1-2H3. The van der Waals surface area contributed by atoms with Crippen molar-refractivity contribution in [2.45, 2.75) is 26.7 Å². The third-order valence-corrected chi connectivity index (χ3v) is 5.78. The second-order valence-corrected chi connectivity index (χ2v) is 7.88. The van der Waals surface area contributed by atoms with Crippen molar-refractivity contribution in [3.63, 3.8) is 0 Å². The molecule has 0 bridgehead atoms. The lowest BCUT2D eigenvalue weighted by molar-refractivity contribution is -0.105. The topological polar surface area (TPSA) is 17.1 Å². The van der Waals surface area contributed by atoms with E-state index in [9.17, 15) is 4.79 Å². The fraction of sp³-hybridized carbons (Fsp3) is 0.450. The van der Waals surface area contributed by atoms with Crippen LogP contribution in [-0.4, -0.2) is 17.8 Å². The number of fused-ring (bicyclic) bond motifs is 2. The lowest BCUT2D eigenvalue weighted by atomic mass is 9.66. The van der Waals surface area contributed by atoms with Crippen LogP contribution in [0.3, 0.4) is 0 Å². The van der Waals surface area contributed by atoms with Gasteiger partial charge < -0.3 is 4.79 Å². The van der Waals surface area contributed by atoms with Crippen molar-refractivity contribution in [2.75, 3.05) is 11.5 Å². The van der Waals surface area contributed by atoms with E-state index in [0.29, 0.717) is 17.6 Å². The van der Waals surface area contributed by atoms with E-state index in [1.54, 1.807) is 11.8 Å². The molecule has 0 heterocycles. The Morgan fingerprint density at radius 3 is 3.05 bits per heavy atom. The van der Waals surface area contributed by atoms with Gasteiger partial charge in [-0.05, 0) is 40.9 Å². The molecule has 0 radical (unpaired) electrons. The van der Waals surface area contributed by atoms with Crippen LogP contribution >= 0.6 is 11.8 Å². The molecule has 1 nitrogen and oxygen atoms in total. The summed E-state index contributed by atoms with van der Waals surface area (Å²) in [6.45, 7) is 4.67. The van der Waals surface area contributed by atoms with Crippen LogP contribution in [0.15, 0.2) is 59.3 Å². The molecule has 2 heteroatoms. The van der Waals surface area contributed by atoms with Crippen LogP contribution in [0, 0.1) is 17.3 Å². The summed E-state index contributed by atoms with van der Waals surface area (Å²) in [5.74, 6) is 2.59. The predicted molar refractivity (Wildman–Crippen MR) is 95.9 cm³/mol. The predicted octanol–water partition coefficient (Wildman–Crippen LogP) is 4.89. The number of carbonyl (C=O) groups is 1. The summed E-state index contributed by atoms with van der Waals surface area (Å²) in [6.07, 6.45) is 19.6. The Morgan fingerprint density at radius 2 is 2.23 bits per heavy atom. The Labute approximate surface area is 137 Å². The molecule has 3 aliphatic rings. The second kappa shape index (κ2) is 6.45. The normalized spacial score (nSPS) is 33.1. The molecule has 3 atom stereocenters. The number of rotatable bonds is 4. The van der Waals surface area contributed by atoms with Gasteiger partial charge in [0.25, 0.3) is 0 Å². The summed E-state index contributed by atoms with van der Waals surface area (Å²) >= 11 is 1.72. The minimum Gasteiger partial charge on any atom is -0.302 e. The van der Waals surface area contributed by atoms with Crippen molar-refractivity contribution >= 4 is 18.0 Å². The van der Waals surface area contributed by atoms with E-state index < -0.39 is 0 Å². The second-order valence-electron chi connectivity index (χ2n) is 6.85. The van der Waals surface area contributed by atoms with Gasteiger partial charge >= 0.3 is 0 Å². The Kier molecular flexibility index (Phi) is 4.58. The van der Waals surface area contributed by atoms with E-state index in [0.717, 1.165) is 24.9 Å². The van der Waals surface area contributed by atoms with Crippen molar-refractivity contribution in [1.82, 2.24) is 0 Å². The minimum absolute atomic E-state index is 0.209. The lowest BCUT2D eigenvalue weighted by Gasteiger charge is -2.39. The molecule has 0 saturated carbocycles. The first kappa shape index (κ1) is 15.6. The van der Waals surface area contributed by atoms with Gasteiger partial charge in [0.1, 0.15) is 6.29 Å². The summed E-state index contributed by atoms with van der Waals surface area (Å²) in [4.78, 5) is 10.6. The maximum Gasteiger partial charge on any atom is 0.129 e. The van der Waals surface area contributed by atoms with Crippen LogP contribution < -0.4 is 0 Å². The van der Waals surface area contributed by atoms with Gasteiger partial charge in [0, 0.05) is 17.4 Å². The van der Waals surface area contributed by atoms with Crippen molar-refractivity contribution in [1.29, 1.82) is 0 Å². The fourth-order valence-corrected chi connectivity index (χ4v) is 4.45. The minimum atomic E-state index is 0.209. The van der Waals surface area contributed by atoms with E-state index in [1.165, 1.54) is 16.7 Å². The SMILES string of the molecule is CC1C=C(CSCC=O)C2=CC3C=CC=CCC3(C)C=C2C1. The molecule has 0 amide bonds. The number of hydrogen-bond acceptors (Lipinski definition) is 2. The monoisotopic (exact) mass is 312 g/mol. The molecule has 22 heavy (non-hydrogen) atoms. The van der Waals surface area contributed by atoms with Crippen LogP contribution in [0.1, 0.15) is 26.7 Å². The van der Waals surface area contributed by atoms with Crippen molar-refractivity contribution in [3.05, 3.63) is 59.3 Å². The molecule has 0 aromatic carbocycles. The summed E-state index contributed by atoms with van der Waals surface area (Å²) in [5, 5.41) is 0. The highest BCUT2D eigenvalue weighted by Gasteiger charge is 2.35. The van der Waals surface area contributed by atoms with Crippen LogP contribution in [-0.2, 0) is 4.79 Å². The smallest absolute Gasteiger partial charge is 0.129 e. The van der Waals surface area contributed by atoms with Gasteiger partial charge in [0.05, 0.1) is 0 Å². The molecule has 116 valence electrons. The van der Waals surface area contributed by atoms with Gasteiger partial charge in [-0.15, -0.1) is 11.8 Å². The van der Waals surface area contributed by atoms with Gasteiger partial charge in [-0.1, -0.05) is 56.4 Å². The van der Waals surface area contributed by atoms with Gasteiger partial charge in [-0.3, -0.25) is 0 Å². The van der Waals surface area contributed by atoms with Gasteiger partial charge in [-0.2, -0.15) is 0 Å². The Hall–Kier alpha value is -1.28. The summed E-state index contributed by atoms with van der Waals surface area (Å²) in [7, 11) is 0. The average molecular weight is 312 g/mol. The highest BCUT2D eigenvalue weighted by Crippen LogP contribution is 2.47. The Morgan fingerprint density at radius 1 is 1.36 bits per heavy atom. The van der Waals surface area contributed by atoms with Gasteiger partial charge in [0.15, 0.2) is 0 Å². The molecular weight excluding hydrogens is 288 g/mol. The maximum atomic E-state index is 10.6. The Balaban J connectivity index is 1.92. The molecule has 3 aliphatic carbocycles. The van der Waals surface area contributed by atoms with Gasteiger partial charge in [-0.25, -0.2) is 0 Å². The first-order valence-corrected chi connectivity index (χ1v) is 9.27. The van der Waals surface area contributed by atoms with Crippen LogP contribution in [0.25, 0.3) is 0 Å². The Bertz CT molecular complexity index is 605. The van der Waals surface area contributed by atoms with E-state index in [4.69, 9.17) is 0 Å². The molecule has 0 aliphatic heterocycles. The van der Waals surface area contributed by atoms with Crippen LogP contribution in [0.4, 0.5) is 0 Å². The number of carbonyl (C=O) groups excluding carboxylic acids is 1. The summed E-state index contributed by atoms with van der Waals surface area (Å²) < 4.78 is 0.